The molecular formula is C12H25NO3. The SMILES string of the molecule is CCC(O)(CC)CC(C)(CC)C(N)C(=O)O. The average molecular weight is 231 g/mol. The van der Waals surface area contributed by atoms with Gasteiger partial charge in [-0.2, -0.15) is 0 Å². The minimum absolute atomic E-state index is 0.428. The summed E-state index contributed by atoms with van der Waals surface area (Å²) in [4.78, 5) is 11.0. The quantitative estimate of drug-likeness (QED) is 0.623. The fourth-order valence-corrected chi connectivity index (χ4v) is 2.00. The summed E-state index contributed by atoms with van der Waals surface area (Å²) in [7, 11) is 0. The Balaban J connectivity index is 4.91. The maximum Gasteiger partial charge on any atom is 0.321 e. The van der Waals surface area contributed by atoms with Crippen LogP contribution in [0.25, 0.3) is 0 Å². The molecule has 2 atom stereocenters. The molecule has 4 heteroatoms. The largest absolute Gasteiger partial charge is 0.480 e. The smallest absolute Gasteiger partial charge is 0.321 e. The lowest BCUT2D eigenvalue weighted by Crippen LogP contribution is -2.49. The van der Waals surface area contributed by atoms with Crippen LogP contribution in [0.3, 0.4) is 0 Å². The molecule has 0 aromatic rings. The molecular weight excluding hydrogens is 206 g/mol. The molecule has 4 nitrogen and oxygen atoms in total. The number of carbonyl (C=O) groups is 1. The van der Waals surface area contributed by atoms with E-state index in [-0.39, 0.29) is 0 Å². The number of rotatable bonds is 7. The minimum atomic E-state index is -1.00. The van der Waals surface area contributed by atoms with Gasteiger partial charge < -0.3 is 15.9 Å². The Kier molecular flexibility index (Phi) is 5.42. The van der Waals surface area contributed by atoms with Crippen LogP contribution in [0.1, 0.15) is 53.4 Å². The van der Waals surface area contributed by atoms with Crippen LogP contribution in [0.15, 0.2) is 0 Å². The van der Waals surface area contributed by atoms with Crippen molar-refractivity contribution in [1.82, 2.24) is 0 Å². The van der Waals surface area contributed by atoms with E-state index in [9.17, 15) is 9.90 Å². The number of carboxylic acid groups (broad SMARTS) is 1. The van der Waals surface area contributed by atoms with E-state index in [1.165, 1.54) is 0 Å². The van der Waals surface area contributed by atoms with Gasteiger partial charge in [0, 0.05) is 0 Å². The standard InChI is InChI=1S/C12H25NO3/c1-5-11(4,9(13)10(14)15)8-12(16,6-2)7-3/h9,16H,5-8,13H2,1-4H3,(H,14,15). The van der Waals surface area contributed by atoms with Crippen molar-refractivity contribution in [3.63, 3.8) is 0 Å². The third-order valence-electron chi connectivity index (χ3n) is 3.87. The number of carboxylic acids is 1. The number of aliphatic carboxylic acids is 1. The molecule has 0 aromatic heterocycles. The van der Waals surface area contributed by atoms with Gasteiger partial charge in [0.05, 0.1) is 5.60 Å². The fourth-order valence-electron chi connectivity index (χ4n) is 2.00. The van der Waals surface area contributed by atoms with E-state index in [2.05, 4.69) is 0 Å². The maximum absolute atomic E-state index is 11.0. The molecule has 0 fully saturated rings. The molecule has 0 spiro atoms. The van der Waals surface area contributed by atoms with Gasteiger partial charge >= 0.3 is 5.97 Å². The highest BCUT2D eigenvalue weighted by Crippen LogP contribution is 2.37. The van der Waals surface area contributed by atoms with Gasteiger partial charge in [-0.3, -0.25) is 4.79 Å². The molecule has 0 rings (SSSR count). The first-order valence-electron chi connectivity index (χ1n) is 5.95. The first-order valence-corrected chi connectivity index (χ1v) is 5.95. The molecule has 0 saturated carbocycles. The summed E-state index contributed by atoms with van der Waals surface area (Å²) in [5, 5.41) is 19.3. The Morgan fingerprint density at radius 3 is 1.94 bits per heavy atom. The van der Waals surface area contributed by atoms with E-state index < -0.39 is 23.0 Å². The van der Waals surface area contributed by atoms with E-state index in [0.717, 1.165) is 0 Å². The fraction of sp³-hybridized carbons (Fsp3) is 0.917. The number of aliphatic hydroxyl groups is 1. The van der Waals surface area contributed by atoms with Gasteiger partial charge in [-0.05, 0) is 31.1 Å². The normalized spacial score (nSPS) is 17.9. The lowest BCUT2D eigenvalue weighted by molar-refractivity contribution is -0.143. The summed E-state index contributed by atoms with van der Waals surface area (Å²) in [6, 6.07) is -0.929. The number of hydrogen-bond acceptors (Lipinski definition) is 3. The minimum Gasteiger partial charge on any atom is -0.480 e. The molecule has 0 bridgehead atoms. The molecule has 2 unspecified atom stereocenters. The predicted octanol–water partition coefficient (Wildman–Crippen LogP) is 1.76. The first kappa shape index (κ1) is 15.4. The lowest BCUT2D eigenvalue weighted by Gasteiger charge is -2.39. The number of hydrogen-bond donors (Lipinski definition) is 3. The van der Waals surface area contributed by atoms with Gasteiger partial charge in [-0.1, -0.05) is 27.7 Å². The van der Waals surface area contributed by atoms with Crippen molar-refractivity contribution in [3.8, 4) is 0 Å². The highest BCUT2D eigenvalue weighted by molar-refractivity contribution is 5.74. The van der Waals surface area contributed by atoms with Crippen LogP contribution >= 0.6 is 0 Å². The second kappa shape index (κ2) is 5.64. The molecule has 0 aliphatic carbocycles. The summed E-state index contributed by atoms with van der Waals surface area (Å²) in [6.45, 7) is 7.56. The average Bonchev–Trinajstić information content (AvgIpc) is 2.27. The van der Waals surface area contributed by atoms with E-state index in [4.69, 9.17) is 10.8 Å². The summed E-state index contributed by atoms with van der Waals surface area (Å²) >= 11 is 0. The van der Waals surface area contributed by atoms with Crippen LogP contribution < -0.4 is 5.73 Å². The summed E-state index contributed by atoms with van der Waals surface area (Å²) in [5.74, 6) is -1.00. The van der Waals surface area contributed by atoms with Crippen molar-refractivity contribution in [1.29, 1.82) is 0 Å². The van der Waals surface area contributed by atoms with E-state index in [0.29, 0.717) is 25.7 Å². The van der Waals surface area contributed by atoms with Crippen LogP contribution in [0, 0.1) is 5.41 Å². The van der Waals surface area contributed by atoms with E-state index in [1.807, 2.05) is 27.7 Å². The van der Waals surface area contributed by atoms with Crippen molar-refractivity contribution < 1.29 is 15.0 Å². The van der Waals surface area contributed by atoms with Gasteiger partial charge in [0.1, 0.15) is 6.04 Å². The zero-order valence-corrected chi connectivity index (χ0v) is 10.8. The lowest BCUT2D eigenvalue weighted by atomic mass is 9.70. The molecule has 0 amide bonds. The van der Waals surface area contributed by atoms with Crippen molar-refractivity contribution in [2.24, 2.45) is 11.1 Å². The Labute approximate surface area is 97.8 Å². The van der Waals surface area contributed by atoms with Gasteiger partial charge in [0.2, 0.25) is 0 Å². The molecule has 0 aliphatic rings. The molecule has 0 radical (unpaired) electrons. The molecule has 0 aromatic carbocycles. The topological polar surface area (TPSA) is 83.5 Å². The zero-order valence-electron chi connectivity index (χ0n) is 10.8. The van der Waals surface area contributed by atoms with Crippen molar-refractivity contribution in [3.05, 3.63) is 0 Å². The molecule has 4 N–H and O–H groups in total. The monoisotopic (exact) mass is 231 g/mol. The van der Waals surface area contributed by atoms with Crippen LogP contribution in [-0.2, 0) is 4.79 Å². The Bertz CT molecular complexity index is 238. The molecule has 16 heavy (non-hydrogen) atoms. The summed E-state index contributed by atoms with van der Waals surface area (Å²) in [6.07, 6.45) is 2.30. The van der Waals surface area contributed by atoms with Crippen LogP contribution in [0.5, 0.6) is 0 Å². The second-order valence-corrected chi connectivity index (χ2v) is 4.93. The predicted molar refractivity (Wildman–Crippen MR) is 64.2 cm³/mol. The van der Waals surface area contributed by atoms with Gasteiger partial charge in [-0.15, -0.1) is 0 Å². The van der Waals surface area contributed by atoms with E-state index in [1.54, 1.807) is 0 Å². The Hall–Kier alpha value is -0.610. The molecule has 0 saturated heterocycles. The van der Waals surface area contributed by atoms with Crippen LogP contribution in [0.2, 0.25) is 0 Å². The van der Waals surface area contributed by atoms with Gasteiger partial charge in [0.25, 0.3) is 0 Å². The van der Waals surface area contributed by atoms with E-state index >= 15 is 0 Å². The maximum atomic E-state index is 11.0. The first-order chi connectivity index (χ1) is 7.24. The van der Waals surface area contributed by atoms with Crippen LogP contribution in [0.4, 0.5) is 0 Å². The summed E-state index contributed by atoms with van der Waals surface area (Å²) < 4.78 is 0. The van der Waals surface area contributed by atoms with Gasteiger partial charge in [0.15, 0.2) is 0 Å². The number of nitrogens with two attached hydrogens (primary N) is 1. The van der Waals surface area contributed by atoms with Crippen LogP contribution in [-0.4, -0.2) is 27.8 Å². The van der Waals surface area contributed by atoms with Gasteiger partial charge in [-0.25, -0.2) is 0 Å². The third kappa shape index (κ3) is 3.46. The van der Waals surface area contributed by atoms with Crippen molar-refractivity contribution >= 4 is 5.97 Å². The van der Waals surface area contributed by atoms with Crippen molar-refractivity contribution in [2.75, 3.05) is 0 Å². The molecule has 96 valence electrons. The summed E-state index contributed by atoms with van der Waals surface area (Å²) in [5.41, 5.74) is 4.34. The highest BCUT2D eigenvalue weighted by Gasteiger charge is 2.41. The second-order valence-electron chi connectivity index (χ2n) is 4.93. The Morgan fingerprint density at radius 2 is 1.69 bits per heavy atom. The zero-order chi connectivity index (χ0) is 13.0. The molecule has 0 heterocycles. The Morgan fingerprint density at radius 1 is 1.25 bits per heavy atom. The highest BCUT2D eigenvalue weighted by atomic mass is 16.4. The molecule has 0 aliphatic heterocycles. The van der Waals surface area contributed by atoms with Crippen molar-refractivity contribution in [2.45, 2.75) is 65.0 Å². The third-order valence-corrected chi connectivity index (χ3v) is 3.87.